The van der Waals surface area contributed by atoms with Crippen LogP contribution in [0.4, 0.5) is 0 Å². The van der Waals surface area contributed by atoms with Crippen molar-refractivity contribution in [3.63, 3.8) is 0 Å². The second-order valence-electron chi connectivity index (χ2n) is 8.02. The Hall–Kier alpha value is -2.25. The van der Waals surface area contributed by atoms with Gasteiger partial charge in [0.05, 0.1) is 0 Å². The highest BCUT2D eigenvalue weighted by atomic mass is 28.4. The molecule has 2 heterocycles. The van der Waals surface area contributed by atoms with Gasteiger partial charge in [0.1, 0.15) is 0 Å². The zero-order valence-electron chi connectivity index (χ0n) is 16.5. The van der Waals surface area contributed by atoms with Crippen molar-refractivity contribution in [2.45, 2.75) is 52.4 Å². The van der Waals surface area contributed by atoms with E-state index in [2.05, 4.69) is 9.97 Å². The van der Waals surface area contributed by atoms with Crippen molar-refractivity contribution in [2.75, 3.05) is 0 Å². The summed E-state index contributed by atoms with van der Waals surface area (Å²) in [6, 6.07) is 0. The molecule has 2 rings (SSSR count). The van der Waals surface area contributed by atoms with Crippen LogP contribution in [-0.4, -0.2) is 35.7 Å². The lowest BCUT2D eigenvalue weighted by Crippen LogP contribution is -2.52. The SMILES string of the molecule is Cc1cn(C[Si](C)(C)O[Si](C)(C)Cn2cc(C)c(=O)[nH]c2=O)c(=O)[nH]c1=O. The largest absolute Gasteiger partial charge is 0.453 e. The molecule has 2 aromatic heterocycles. The van der Waals surface area contributed by atoms with Crippen LogP contribution >= 0.6 is 0 Å². The molecule has 0 saturated carbocycles. The van der Waals surface area contributed by atoms with Gasteiger partial charge in [0.2, 0.25) is 0 Å². The number of hydrogen-bond acceptors (Lipinski definition) is 5. The first-order valence-electron chi connectivity index (χ1n) is 8.61. The third-order valence-electron chi connectivity index (χ3n) is 4.03. The molecule has 2 aromatic rings. The van der Waals surface area contributed by atoms with Gasteiger partial charge in [-0.3, -0.25) is 19.6 Å². The van der Waals surface area contributed by atoms with Gasteiger partial charge in [-0.1, -0.05) is 0 Å². The molecule has 9 nitrogen and oxygen atoms in total. The van der Waals surface area contributed by atoms with Crippen molar-refractivity contribution in [2.24, 2.45) is 0 Å². The van der Waals surface area contributed by atoms with Crippen LogP contribution in [0.15, 0.2) is 31.6 Å². The Morgan fingerprint density at radius 1 is 0.778 bits per heavy atom. The highest BCUT2D eigenvalue weighted by molar-refractivity contribution is 6.83. The van der Waals surface area contributed by atoms with E-state index in [0.29, 0.717) is 23.5 Å². The smallest absolute Gasteiger partial charge is 0.328 e. The molecular formula is C16H26N4O5Si2. The van der Waals surface area contributed by atoms with Gasteiger partial charge in [0.15, 0.2) is 16.6 Å². The average molecular weight is 411 g/mol. The second kappa shape index (κ2) is 7.40. The van der Waals surface area contributed by atoms with Crippen LogP contribution in [0.5, 0.6) is 0 Å². The first-order valence-corrected chi connectivity index (χ1v) is 14.8. The number of aromatic amines is 2. The fourth-order valence-electron chi connectivity index (χ4n) is 3.10. The van der Waals surface area contributed by atoms with E-state index in [1.165, 1.54) is 9.13 Å². The molecule has 11 heteroatoms. The fraction of sp³-hybridized carbons (Fsp3) is 0.500. The molecule has 0 bridgehead atoms. The van der Waals surface area contributed by atoms with Crippen molar-refractivity contribution < 1.29 is 4.12 Å². The van der Waals surface area contributed by atoms with Crippen LogP contribution in [0, 0.1) is 13.8 Å². The van der Waals surface area contributed by atoms with E-state index in [1.807, 2.05) is 26.2 Å². The lowest BCUT2D eigenvalue weighted by molar-refractivity contribution is 0.500. The van der Waals surface area contributed by atoms with E-state index in [1.54, 1.807) is 26.2 Å². The Morgan fingerprint density at radius 3 is 1.44 bits per heavy atom. The molecule has 0 spiro atoms. The summed E-state index contributed by atoms with van der Waals surface area (Å²) in [5.41, 5.74) is -0.765. The van der Waals surface area contributed by atoms with Crippen molar-refractivity contribution >= 4 is 16.6 Å². The molecule has 0 aromatic carbocycles. The molecule has 0 aliphatic carbocycles. The molecule has 0 saturated heterocycles. The number of hydrogen-bond donors (Lipinski definition) is 2. The lowest BCUT2D eigenvalue weighted by Gasteiger charge is -2.34. The van der Waals surface area contributed by atoms with E-state index in [0.717, 1.165) is 0 Å². The van der Waals surface area contributed by atoms with Gasteiger partial charge in [-0.2, -0.15) is 0 Å². The molecule has 148 valence electrons. The zero-order valence-corrected chi connectivity index (χ0v) is 18.5. The summed E-state index contributed by atoms with van der Waals surface area (Å²) in [5.74, 6) is 0. The normalized spacial score (nSPS) is 12.4. The summed E-state index contributed by atoms with van der Waals surface area (Å²) in [7, 11) is -4.66. The number of nitrogens with zero attached hydrogens (tertiary/aromatic N) is 2. The van der Waals surface area contributed by atoms with E-state index in [4.69, 9.17) is 4.12 Å². The first-order chi connectivity index (χ1) is 12.3. The van der Waals surface area contributed by atoms with Crippen molar-refractivity contribution in [1.82, 2.24) is 19.1 Å². The molecule has 0 aliphatic rings. The average Bonchev–Trinajstić information content (AvgIpc) is 2.48. The molecule has 0 radical (unpaired) electrons. The van der Waals surface area contributed by atoms with Crippen LogP contribution in [0.2, 0.25) is 26.2 Å². The Labute approximate surface area is 157 Å². The topological polar surface area (TPSA) is 119 Å². The minimum atomic E-state index is -2.33. The van der Waals surface area contributed by atoms with Gasteiger partial charge < -0.3 is 13.2 Å². The molecule has 0 fully saturated rings. The maximum atomic E-state index is 12.0. The van der Waals surface area contributed by atoms with Crippen LogP contribution in [0.1, 0.15) is 11.1 Å². The summed E-state index contributed by atoms with van der Waals surface area (Å²) in [5, 5.41) is 0. The van der Waals surface area contributed by atoms with Gasteiger partial charge >= 0.3 is 11.4 Å². The maximum Gasteiger partial charge on any atom is 0.328 e. The molecule has 0 atom stereocenters. The summed E-state index contributed by atoms with van der Waals surface area (Å²) in [6.45, 7) is 11.3. The highest BCUT2D eigenvalue weighted by Gasteiger charge is 2.34. The Kier molecular flexibility index (Phi) is 5.78. The van der Waals surface area contributed by atoms with Crippen molar-refractivity contribution in [3.8, 4) is 0 Å². The monoisotopic (exact) mass is 410 g/mol. The third kappa shape index (κ3) is 5.37. The number of H-pyrrole nitrogens is 2. The molecule has 2 N–H and O–H groups in total. The first kappa shape index (κ1) is 21.1. The van der Waals surface area contributed by atoms with E-state index in [9.17, 15) is 19.2 Å². The van der Waals surface area contributed by atoms with E-state index >= 15 is 0 Å². The van der Waals surface area contributed by atoms with Gasteiger partial charge in [-0.25, -0.2) is 9.59 Å². The van der Waals surface area contributed by atoms with Crippen molar-refractivity contribution in [1.29, 1.82) is 0 Å². The van der Waals surface area contributed by atoms with Gasteiger partial charge in [-0.15, -0.1) is 0 Å². The fourth-order valence-corrected chi connectivity index (χ4v) is 11.7. The summed E-state index contributed by atoms with van der Waals surface area (Å²) >= 11 is 0. The van der Waals surface area contributed by atoms with E-state index in [-0.39, 0.29) is 11.1 Å². The summed E-state index contributed by atoms with van der Waals surface area (Å²) in [4.78, 5) is 51.8. The molecular weight excluding hydrogens is 384 g/mol. The van der Waals surface area contributed by atoms with Gasteiger partial charge in [-0.05, 0) is 40.0 Å². The van der Waals surface area contributed by atoms with Gasteiger partial charge in [0, 0.05) is 35.9 Å². The van der Waals surface area contributed by atoms with E-state index < -0.39 is 28.0 Å². The molecule has 0 aliphatic heterocycles. The Balaban J connectivity index is 2.23. The predicted octanol–water partition coefficient (Wildman–Crippen LogP) is 0.209. The highest BCUT2D eigenvalue weighted by Crippen LogP contribution is 2.17. The number of nitrogens with one attached hydrogen (secondary N) is 2. The quantitative estimate of drug-likeness (QED) is 0.660. The summed E-state index contributed by atoms with van der Waals surface area (Å²) in [6.07, 6.45) is 3.87. The van der Waals surface area contributed by atoms with Crippen LogP contribution in [-0.2, 0) is 16.5 Å². The molecule has 27 heavy (non-hydrogen) atoms. The number of aromatic nitrogens is 4. The predicted molar refractivity (Wildman–Crippen MR) is 108 cm³/mol. The minimum absolute atomic E-state index is 0.388. The van der Waals surface area contributed by atoms with Gasteiger partial charge in [0.25, 0.3) is 11.1 Å². The number of rotatable bonds is 6. The lowest BCUT2D eigenvalue weighted by atomic mass is 10.4. The zero-order chi connectivity index (χ0) is 20.6. The number of aryl methyl sites for hydroxylation is 2. The van der Waals surface area contributed by atoms with Crippen LogP contribution in [0.3, 0.4) is 0 Å². The maximum absolute atomic E-state index is 12.0. The van der Waals surface area contributed by atoms with Crippen LogP contribution < -0.4 is 22.5 Å². The third-order valence-corrected chi connectivity index (χ3v) is 10.7. The molecule has 0 amide bonds. The molecule has 0 unspecified atom stereocenters. The summed E-state index contributed by atoms with van der Waals surface area (Å²) < 4.78 is 9.41. The van der Waals surface area contributed by atoms with Crippen LogP contribution in [0.25, 0.3) is 0 Å². The Bertz CT molecular complexity index is 992. The van der Waals surface area contributed by atoms with Crippen molar-refractivity contribution in [3.05, 3.63) is 65.2 Å². The Morgan fingerprint density at radius 2 is 1.11 bits per heavy atom. The minimum Gasteiger partial charge on any atom is -0.453 e. The second-order valence-corrected chi connectivity index (χ2v) is 16.5. The standard InChI is InChI=1S/C16H26N4O5Si2/c1-11-7-19(15(23)17-13(11)21)9-26(3,4)25-27(5,6)10-20-8-12(2)14(22)18-16(20)24/h7-8H,9-10H2,1-6H3,(H,17,21,23)(H,18,22,24).